The van der Waals surface area contributed by atoms with Crippen LogP contribution in [0.5, 0.6) is 0 Å². The highest BCUT2D eigenvalue weighted by molar-refractivity contribution is 5.88. The van der Waals surface area contributed by atoms with Crippen molar-refractivity contribution in [3.63, 3.8) is 0 Å². The molecule has 1 heterocycles. The first kappa shape index (κ1) is 9.33. The molecule has 1 aliphatic rings. The Labute approximate surface area is 94.0 Å². The number of para-hydroxylation sites is 1. The highest BCUT2D eigenvalue weighted by Gasteiger charge is 2.25. The fourth-order valence-electron chi connectivity index (χ4n) is 1.74. The molecule has 2 N–H and O–H groups in total. The van der Waals surface area contributed by atoms with Crippen molar-refractivity contribution < 1.29 is 0 Å². The van der Waals surface area contributed by atoms with Gasteiger partial charge in [-0.25, -0.2) is 4.99 Å². The summed E-state index contributed by atoms with van der Waals surface area (Å²) in [5, 5.41) is 1.10. The molecule has 3 rings (SSSR count). The van der Waals surface area contributed by atoms with Crippen molar-refractivity contribution >= 4 is 22.4 Å². The Kier molecular flexibility index (Phi) is 2.10. The molecular formula is C13H13N3. The molecule has 1 aromatic carbocycles. The Morgan fingerprint density at radius 2 is 2.12 bits per heavy atom. The molecule has 0 atom stereocenters. The van der Waals surface area contributed by atoms with Gasteiger partial charge < -0.3 is 5.73 Å². The zero-order chi connectivity index (χ0) is 11.0. The van der Waals surface area contributed by atoms with Gasteiger partial charge in [-0.2, -0.15) is 0 Å². The van der Waals surface area contributed by atoms with Crippen molar-refractivity contribution in [2.45, 2.75) is 12.8 Å². The molecule has 80 valence electrons. The van der Waals surface area contributed by atoms with Gasteiger partial charge in [-0.15, -0.1) is 0 Å². The second-order valence-corrected chi connectivity index (χ2v) is 4.20. The molecule has 0 aliphatic heterocycles. The van der Waals surface area contributed by atoms with E-state index >= 15 is 0 Å². The van der Waals surface area contributed by atoms with E-state index < -0.39 is 0 Å². The lowest BCUT2D eigenvalue weighted by Crippen LogP contribution is -2.12. The molecule has 1 aromatic heterocycles. The number of hydrogen-bond donors (Lipinski definition) is 1. The summed E-state index contributed by atoms with van der Waals surface area (Å²) in [5.41, 5.74) is 7.72. The predicted molar refractivity (Wildman–Crippen MR) is 65.7 cm³/mol. The smallest absolute Gasteiger partial charge is 0.103 e. The van der Waals surface area contributed by atoms with Gasteiger partial charge in [-0.3, -0.25) is 4.98 Å². The Hall–Kier alpha value is -1.90. The number of hydrogen-bond acceptors (Lipinski definition) is 2. The fraction of sp³-hybridized carbons (Fsp3) is 0.231. The van der Waals surface area contributed by atoms with Gasteiger partial charge in [0.1, 0.15) is 5.84 Å². The van der Waals surface area contributed by atoms with Gasteiger partial charge in [0, 0.05) is 11.3 Å². The molecule has 0 amide bonds. The minimum absolute atomic E-state index is 0.506. The summed E-state index contributed by atoms with van der Waals surface area (Å²) in [6.45, 7) is 0. The van der Waals surface area contributed by atoms with Crippen molar-refractivity contribution in [1.29, 1.82) is 0 Å². The monoisotopic (exact) mass is 211 g/mol. The van der Waals surface area contributed by atoms with Crippen LogP contribution in [0.1, 0.15) is 12.8 Å². The normalized spacial score (nSPS) is 16.6. The van der Waals surface area contributed by atoms with E-state index in [2.05, 4.69) is 9.98 Å². The summed E-state index contributed by atoms with van der Waals surface area (Å²) in [7, 11) is 0. The number of amidine groups is 1. The average Bonchev–Trinajstić information content (AvgIpc) is 3.12. The van der Waals surface area contributed by atoms with E-state index in [1.807, 2.05) is 30.3 Å². The predicted octanol–water partition coefficient (Wildman–Crippen LogP) is 2.63. The quantitative estimate of drug-likeness (QED) is 0.613. The van der Waals surface area contributed by atoms with Crippen molar-refractivity contribution in [2.24, 2.45) is 16.6 Å². The molecule has 2 aromatic rings. The average molecular weight is 211 g/mol. The first-order valence-corrected chi connectivity index (χ1v) is 5.52. The molecule has 0 spiro atoms. The number of nitrogens with zero attached hydrogens (tertiary/aromatic N) is 2. The van der Waals surface area contributed by atoms with Crippen LogP contribution in [0.3, 0.4) is 0 Å². The van der Waals surface area contributed by atoms with E-state index in [9.17, 15) is 0 Å². The third-order valence-electron chi connectivity index (χ3n) is 2.83. The van der Waals surface area contributed by atoms with Crippen LogP contribution in [0, 0.1) is 5.92 Å². The minimum atomic E-state index is 0.506. The maximum absolute atomic E-state index is 5.88. The second kappa shape index (κ2) is 3.59. The van der Waals surface area contributed by atoms with Crippen LogP contribution in [0.4, 0.5) is 5.69 Å². The maximum Gasteiger partial charge on any atom is 0.103 e. The van der Waals surface area contributed by atoms with E-state index in [0.29, 0.717) is 5.92 Å². The molecule has 0 bridgehead atoms. The van der Waals surface area contributed by atoms with Crippen molar-refractivity contribution in [3.8, 4) is 0 Å². The van der Waals surface area contributed by atoms with E-state index in [0.717, 1.165) is 22.4 Å². The summed E-state index contributed by atoms with van der Waals surface area (Å²) < 4.78 is 0. The van der Waals surface area contributed by atoms with Crippen LogP contribution in [-0.2, 0) is 0 Å². The SMILES string of the molecule is NC(=Nc1cnc2ccccc2c1)C1CC1. The number of aliphatic imine (C=N–C) groups is 1. The maximum atomic E-state index is 5.88. The van der Waals surface area contributed by atoms with Gasteiger partial charge in [0.15, 0.2) is 0 Å². The number of fused-ring (bicyclic) bond motifs is 1. The molecule has 0 unspecified atom stereocenters. The molecule has 1 aliphatic carbocycles. The second-order valence-electron chi connectivity index (χ2n) is 4.20. The van der Waals surface area contributed by atoms with Crippen LogP contribution >= 0.6 is 0 Å². The lowest BCUT2D eigenvalue weighted by atomic mass is 10.2. The van der Waals surface area contributed by atoms with E-state index in [4.69, 9.17) is 5.73 Å². The summed E-state index contributed by atoms with van der Waals surface area (Å²) in [6, 6.07) is 10.0. The first-order chi connectivity index (χ1) is 7.83. The molecule has 1 fully saturated rings. The standard InChI is InChI=1S/C13H13N3/c14-13(9-5-6-9)16-11-7-10-3-1-2-4-12(10)15-8-11/h1-4,7-9H,5-6H2,(H2,14,16). The van der Waals surface area contributed by atoms with Crippen LogP contribution in [0.2, 0.25) is 0 Å². The number of benzene rings is 1. The van der Waals surface area contributed by atoms with Crippen LogP contribution in [0.25, 0.3) is 10.9 Å². The lowest BCUT2D eigenvalue weighted by Gasteiger charge is -2.00. The third-order valence-corrected chi connectivity index (χ3v) is 2.83. The van der Waals surface area contributed by atoms with Crippen LogP contribution < -0.4 is 5.73 Å². The number of nitrogens with two attached hydrogens (primary N) is 1. The summed E-state index contributed by atoms with van der Waals surface area (Å²) in [6.07, 6.45) is 4.13. The van der Waals surface area contributed by atoms with Crippen LogP contribution in [-0.4, -0.2) is 10.8 Å². The molecule has 0 saturated heterocycles. The van der Waals surface area contributed by atoms with Gasteiger partial charge >= 0.3 is 0 Å². The van der Waals surface area contributed by atoms with Gasteiger partial charge in [-0.05, 0) is 25.0 Å². The van der Waals surface area contributed by atoms with Gasteiger partial charge in [-0.1, -0.05) is 18.2 Å². The zero-order valence-corrected chi connectivity index (χ0v) is 8.93. The fourth-order valence-corrected chi connectivity index (χ4v) is 1.74. The molecule has 3 nitrogen and oxygen atoms in total. The molecule has 1 saturated carbocycles. The Morgan fingerprint density at radius 1 is 1.31 bits per heavy atom. The largest absolute Gasteiger partial charge is 0.387 e. The van der Waals surface area contributed by atoms with Crippen molar-refractivity contribution in [3.05, 3.63) is 36.5 Å². The van der Waals surface area contributed by atoms with E-state index in [1.54, 1.807) is 6.20 Å². The Balaban J connectivity index is 2.01. The third kappa shape index (κ3) is 1.76. The van der Waals surface area contributed by atoms with Crippen LogP contribution in [0.15, 0.2) is 41.5 Å². The minimum Gasteiger partial charge on any atom is -0.387 e. The summed E-state index contributed by atoms with van der Waals surface area (Å²) in [4.78, 5) is 8.75. The summed E-state index contributed by atoms with van der Waals surface area (Å²) in [5.74, 6) is 1.25. The molecule has 0 radical (unpaired) electrons. The van der Waals surface area contributed by atoms with E-state index in [-0.39, 0.29) is 0 Å². The Bertz CT molecular complexity index is 556. The Morgan fingerprint density at radius 3 is 2.94 bits per heavy atom. The van der Waals surface area contributed by atoms with E-state index in [1.165, 1.54) is 12.8 Å². The molecule has 16 heavy (non-hydrogen) atoms. The van der Waals surface area contributed by atoms with Gasteiger partial charge in [0.05, 0.1) is 17.4 Å². The number of aromatic nitrogens is 1. The summed E-state index contributed by atoms with van der Waals surface area (Å²) >= 11 is 0. The van der Waals surface area contributed by atoms with Gasteiger partial charge in [0.25, 0.3) is 0 Å². The van der Waals surface area contributed by atoms with Gasteiger partial charge in [0.2, 0.25) is 0 Å². The molecule has 3 heteroatoms. The first-order valence-electron chi connectivity index (χ1n) is 5.52. The highest BCUT2D eigenvalue weighted by Crippen LogP contribution is 2.30. The lowest BCUT2D eigenvalue weighted by molar-refractivity contribution is 1.15. The zero-order valence-electron chi connectivity index (χ0n) is 8.93. The van der Waals surface area contributed by atoms with Crippen molar-refractivity contribution in [2.75, 3.05) is 0 Å². The molecular weight excluding hydrogens is 198 g/mol. The number of rotatable bonds is 2. The topological polar surface area (TPSA) is 51.3 Å². The van der Waals surface area contributed by atoms with Crippen molar-refractivity contribution in [1.82, 2.24) is 4.98 Å². The number of pyridine rings is 1. The highest BCUT2D eigenvalue weighted by atomic mass is 14.9.